The van der Waals surface area contributed by atoms with Gasteiger partial charge in [-0.15, -0.1) is 11.3 Å². The molecule has 3 aromatic heterocycles. The Labute approximate surface area is 177 Å². The van der Waals surface area contributed by atoms with Crippen LogP contribution < -0.4 is 5.73 Å². The van der Waals surface area contributed by atoms with E-state index >= 15 is 0 Å². The van der Waals surface area contributed by atoms with Crippen molar-refractivity contribution in [3.05, 3.63) is 59.7 Å². The topological polar surface area (TPSA) is 118 Å². The molecule has 4 heterocycles. The second-order valence-electron chi connectivity index (χ2n) is 6.87. The largest absolute Gasteiger partial charge is 0.382 e. The van der Waals surface area contributed by atoms with Crippen LogP contribution in [0, 0.1) is 0 Å². The Bertz CT molecular complexity index is 1330. The van der Waals surface area contributed by atoms with Gasteiger partial charge in [-0.25, -0.2) is 23.4 Å². The van der Waals surface area contributed by atoms with Gasteiger partial charge in [0.15, 0.2) is 11.6 Å². The van der Waals surface area contributed by atoms with Crippen molar-refractivity contribution in [2.45, 2.75) is 10.6 Å². The van der Waals surface area contributed by atoms with E-state index in [0.717, 1.165) is 16.6 Å². The molecule has 0 aliphatic carbocycles. The first-order valence-electron chi connectivity index (χ1n) is 9.33. The van der Waals surface area contributed by atoms with Crippen LogP contribution in [0.3, 0.4) is 0 Å². The van der Waals surface area contributed by atoms with E-state index in [9.17, 15) is 8.42 Å². The summed E-state index contributed by atoms with van der Waals surface area (Å²) in [5, 5.41) is 1.77. The molecule has 10 heteroatoms. The number of thiophene rings is 1. The summed E-state index contributed by atoms with van der Waals surface area (Å²) in [6.07, 6.45) is 4.05. The molecular formula is C20H18N6O2S2. The molecule has 0 saturated carbocycles. The van der Waals surface area contributed by atoms with E-state index in [1.807, 2.05) is 30.3 Å². The fraction of sp³-hybridized carbons (Fsp3) is 0.150. The van der Waals surface area contributed by atoms with Crippen LogP contribution in [0.5, 0.6) is 0 Å². The number of nitrogens with zero attached hydrogens (tertiary/aromatic N) is 4. The lowest BCUT2D eigenvalue weighted by atomic mass is 10.1. The number of anilines is 1. The van der Waals surface area contributed by atoms with E-state index in [0.29, 0.717) is 40.9 Å². The Morgan fingerprint density at radius 3 is 2.73 bits per heavy atom. The number of fused-ring (bicyclic) bond motifs is 1. The number of rotatable bonds is 4. The summed E-state index contributed by atoms with van der Waals surface area (Å²) in [5.41, 5.74) is 9.89. The fourth-order valence-corrected chi connectivity index (χ4v) is 5.96. The number of nitrogen functional groups attached to an aromatic ring is 1. The first-order chi connectivity index (χ1) is 14.5. The fourth-order valence-electron chi connectivity index (χ4n) is 3.43. The number of imidazole rings is 1. The zero-order valence-corrected chi connectivity index (χ0v) is 17.4. The average molecular weight is 439 g/mol. The number of para-hydroxylation sites is 2. The Morgan fingerprint density at radius 1 is 1.13 bits per heavy atom. The number of aromatic amines is 1. The Balaban J connectivity index is 1.44. The van der Waals surface area contributed by atoms with Gasteiger partial charge in [0.2, 0.25) is 0 Å². The van der Waals surface area contributed by atoms with Crippen molar-refractivity contribution in [2.24, 2.45) is 0 Å². The summed E-state index contributed by atoms with van der Waals surface area (Å²) in [5.74, 6) is 0.845. The lowest BCUT2D eigenvalue weighted by Crippen LogP contribution is -2.34. The van der Waals surface area contributed by atoms with Gasteiger partial charge in [0.1, 0.15) is 9.90 Å². The van der Waals surface area contributed by atoms with E-state index in [1.54, 1.807) is 23.7 Å². The van der Waals surface area contributed by atoms with Crippen LogP contribution in [-0.2, 0) is 10.0 Å². The van der Waals surface area contributed by atoms with Gasteiger partial charge < -0.3 is 10.7 Å². The van der Waals surface area contributed by atoms with E-state index in [4.69, 9.17) is 5.73 Å². The molecule has 0 atom stereocenters. The van der Waals surface area contributed by atoms with Crippen molar-refractivity contribution in [3.63, 3.8) is 0 Å². The summed E-state index contributed by atoms with van der Waals surface area (Å²) in [4.78, 5) is 16.8. The predicted octanol–water partition coefficient (Wildman–Crippen LogP) is 3.14. The van der Waals surface area contributed by atoms with Gasteiger partial charge in [-0.2, -0.15) is 4.31 Å². The summed E-state index contributed by atoms with van der Waals surface area (Å²) in [6, 6.07) is 11.1. The summed E-state index contributed by atoms with van der Waals surface area (Å²) >= 11 is 1.23. The number of hydrogen-bond donors (Lipinski definition) is 2. The van der Waals surface area contributed by atoms with Crippen molar-refractivity contribution in [2.75, 3.05) is 18.8 Å². The smallest absolute Gasteiger partial charge is 0.252 e. The van der Waals surface area contributed by atoms with Gasteiger partial charge in [0.05, 0.1) is 22.9 Å². The van der Waals surface area contributed by atoms with Crippen LogP contribution in [0.2, 0.25) is 0 Å². The third-order valence-corrected chi connectivity index (χ3v) is 8.24. The number of aromatic nitrogens is 4. The molecule has 0 radical (unpaired) electrons. The molecule has 5 rings (SSSR count). The van der Waals surface area contributed by atoms with E-state index in [2.05, 4.69) is 19.9 Å². The highest BCUT2D eigenvalue weighted by atomic mass is 32.2. The minimum absolute atomic E-state index is 0.288. The predicted molar refractivity (Wildman–Crippen MR) is 117 cm³/mol. The second kappa shape index (κ2) is 7.31. The number of H-pyrrole nitrogens is 1. The maximum atomic E-state index is 12.7. The summed E-state index contributed by atoms with van der Waals surface area (Å²) in [6.45, 7) is 0.680. The number of nitrogens with one attached hydrogen (secondary N) is 1. The van der Waals surface area contributed by atoms with Crippen LogP contribution in [-0.4, -0.2) is 45.7 Å². The molecule has 4 aromatic rings. The molecule has 0 spiro atoms. The summed E-state index contributed by atoms with van der Waals surface area (Å²) in [7, 11) is -3.46. The van der Waals surface area contributed by atoms with E-state index < -0.39 is 10.0 Å². The normalized spacial score (nSPS) is 15.4. The number of benzene rings is 1. The number of hydrogen-bond acceptors (Lipinski definition) is 7. The molecule has 152 valence electrons. The van der Waals surface area contributed by atoms with Crippen molar-refractivity contribution < 1.29 is 8.42 Å². The third kappa shape index (κ3) is 3.28. The number of sulfonamides is 1. The SMILES string of the molecule is Nc1ncc(C2=CCN(S(=O)(=O)c3cccs3)CC2)nc1-c1nc2ccccc2[nH]1. The molecule has 3 N–H and O–H groups in total. The molecule has 30 heavy (non-hydrogen) atoms. The zero-order valence-electron chi connectivity index (χ0n) is 15.8. The Hall–Kier alpha value is -3.08. The van der Waals surface area contributed by atoms with Crippen molar-refractivity contribution in [1.82, 2.24) is 24.2 Å². The number of nitrogens with two attached hydrogens (primary N) is 1. The molecule has 1 aliphatic heterocycles. The van der Waals surface area contributed by atoms with Crippen molar-refractivity contribution >= 4 is 43.8 Å². The Kier molecular flexibility index (Phi) is 4.61. The monoisotopic (exact) mass is 438 g/mol. The van der Waals surface area contributed by atoms with Gasteiger partial charge in [0, 0.05) is 13.1 Å². The average Bonchev–Trinajstić information content (AvgIpc) is 3.44. The van der Waals surface area contributed by atoms with Gasteiger partial charge in [-0.3, -0.25) is 0 Å². The van der Waals surface area contributed by atoms with Crippen LogP contribution in [0.25, 0.3) is 28.1 Å². The van der Waals surface area contributed by atoms with Gasteiger partial charge in [-0.05, 0) is 35.6 Å². The Morgan fingerprint density at radius 2 is 2.00 bits per heavy atom. The second-order valence-corrected chi connectivity index (χ2v) is 9.98. The first-order valence-corrected chi connectivity index (χ1v) is 11.6. The highest BCUT2D eigenvalue weighted by Gasteiger charge is 2.27. The van der Waals surface area contributed by atoms with Crippen LogP contribution in [0.15, 0.2) is 58.3 Å². The maximum Gasteiger partial charge on any atom is 0.252 e. The molecule has 0 saturated heterocycles. The van der Waals surface area contributed by atoms with Crippen LogP contribution in [0.1, 0.15) is 12.1 Å². The minimum atomic E-state index is -3.46. The third-order valence-electron chi connectivity index (χ3n) is 5.00. The van der Waals surface area contributed by atoms with Crippen LogP contribution >= 0.6 is 11.3 Å². The molecule has 8 nitrogen and oxygen atoms in total. The molecule has 1 aromatic carbocycles. The van der Waals surface area contributed by atoms with E-state index in [1.165, 1.54) is 15.6 Å². The molecule has 1 aliphatic rings. The lowest BCUT2D eigenvalue weighted by Gasteiger charge is -2.25. The lowest BCUT2D eigenvalue weighted by molar-refractivity contribution is 0.442. The quantitative estimate of drug-likeness (QED) is 0.505. The highest BCUT2D eigenvalue weighted by Crippen LogP contribution is 2.29. The molecule has 0 amide bonds. The van der Waals surface area contributed by atoms with Crippen LogP contribution in [0.4, 0.5) is 5.82 Å². The van der Waals surface area contributed by atoms with E-state index in [-0.39, 0.29) is 5.82 Å². The molecule has 0 unspecified atom stereocenters. The molecule has 0 bridgehead atoms. The standard InChI is InChI=1S/C20H18N6O2S2/c21-19-18(20-24-14-4-1-2-5-15(14)25-20)23-16(12-22-19)13-7-9-26(10-8-13)30(27,28)17-6-3-11-29-17/h1-7,11-12H,8-10H2,(H2,21,22)(H,24,25). The molecule has 0 fully saturated rings. The highest BCUT2D eigenvalue weighted by molar-refractivity contribution is 7.91. The van der Waals surface area contributed by atoms with Gasteiger partial charge >= 0.3 is 0 Å². The molecular weight excluding hydrogens is 420 g/mol. The zero-order chi connectivity index (χ0) is 20.7. The minimum Gasteiger partial charge on any atom is -0.382 e. The first kappa shape index (κ1) is 18.9. The van der Waals surface area contributed by atoms with Crippen molar-refractivity contribution in [1.29, 1.82) is 0 Å². The van der Waals surface area contributed by atoms with Crippen molar-refractivity contribution in [3.8, 4) is 11.5 Å². The van der Waals surface area contributed by atoms with Gasteiger partial charge in [0.25, 0.3) is 10.0 Å². The maximum absolute atomic E-state index is 12.7. The summed E-state index contributed by atoms with van der Waals surface area (Å²) < 4.78 is 27.3. The van der Waals surface area contributed by atoms with Gasteiger partial charge in [-0.1, -0.05) is 24.3 Å².